The van der Waals surface area contributed by atoms with Crippen molar-refractivity contribution in [2.45, 2.75) is 31.7 Å². The van der Waals surface area contributed by atoms with Gasteiger partial charge < -0.3 is 10.4 Å². The molecule has 0 bridgehead atoms. The molecule has 2 aromatic rings. The van der Waals surface area contributed by atoms with Crippen LogP contribution in [0.15, 0.2) is 17.8 Å². The van der Waals surface area contributed by atoms with Crippen molar-refractivity contribution in [2.24, 2.45) is 5.92 Å². The molecule has 1 aliphatic carbocycles. The Hall–Kier alpha value is -1.20. The van der Waals surface area contributed by atoms with Gasteiger partial charge in [0.15, 0.2) is 0 Å². The summed E-state index contributed by atoms with van der Waals surface area (Å²) in [5.41, 5.74) is 0. The largest absolute Gasteiger partial charge is 0.396 e. The smallest absolute Gasteiger partial charge is 0.138 e. The minimum Gasteiger partial charge on any atom is -0.396 e. The van der Waals surface area contributed by atoms with Crippen molar-refractivity contribution in [3.05, 3.63) is 17.8 Å². The number of aliphatic hydroxyl groups excluding tert-OH is 1. The summed E-state index contributed by atoms with van der Waals surface area (Å²) >= 11 is 1.64. The van der Waals surface area contributed by atoms with Gasteiger partial charge in [0.1, 0.15) is 17.0 Å². The van der Waals surface area contributed by atoms with Crippen LogP contribution in [0.5, 0.6) is 0 Å². The van der Waals surface area contributed by atoms with E-state index in [0.29, 0.717) is 12.0 Å². The number of thiophene rings is 1. The van der Waals surface area contributed by atoms with Gasteiger partial charge in [-0.15, -0.1) is 11.3 Å². The Kier molecular flexibility index (Phi) is 3.43. The van der Waals surface area contributed by atoms with Crippen molar-refractivity contribution < 1.29 is 5.11 Å². The molecule has 0 radical (unpaired) electrons. The van der Waals surface area contributed by atoms with Crippen molar-refractivity contribution >= 4 is 27.4 Å². The average Bonchev–Trinajstić information content (AvgIpc) is 3.00. The standard InChI is InChI=1S/C13H17N3OS/c17-6-4-9-2-1-3-11(9)16-12-10-5-7-18-13(10)15-8-14-12/h5,7-9,11,17H,1-4,6H2,(H,14,15,16). The van der Waals surface area contributed by atoms with E-state index in [2.05, 4.69) is 21.4 Å². The van der Waals surface area contributed by atoms with Gasteiger partial charge in [-0.25, -0.2) is 9.97 Å². The zero-order valence-electron chi connectivity index (χ0n) is 10.2. The topological polar surface area (TPSA) is 58.0 Å². The second kappa shape index (κ2) is 5.20. The van der Waals surface area contributed by atoms with Crippen LogP contribution in [0.2, 0.25) is 0 Å². The molecule has 0 aliphatic heterocycles. The van der Waals surface area contributed by atoms with E-state index >= 15 is 0 Å². The third-order valence-corrected chi connectivity index (χ3v) is 4.56. The molecule has 18 heavy (non-hydrogen) atoms. The minimum absolute atomic E-state index is 0.278. The Morgan fingerprint density at radius 3 is 3.22 bits per heavy atom. The number of rotatable bonds is 4. The fourth-order valence-corrected chi connectivity index (χ4v) is 3.55. The molecule has 4 nitrogen and oxygen atoms in total. The zero-order chi connectivity index (χ0) is 12.4. The monoisotopic (exact) mass is 263 g/mol. The van der Waals surface area contributed by atoms with Crippen LogP contribution in [0, 0.1) is 5.92 Å². The number of fused-ring (bicyclic) bond motifs is 1. The van der Waals surface area contributed by atoms with E-state index < -0.39 is 0 Å². The van der Waals surface area contributed by atoms with Crippen LogP contribution >= 0.6 is 11.3 Å². The molecule has 2 N–H and O–H groups in total. The van der Waals surface area contributed by atoms with Gasteiger partial charge in [-0.2, -0.15) is 0 Å². The number of aliphatic hydroxyl groups is 1. The number of hydrogen-bond donors (Lipinski definition) is 2. The Morgan fingerprint density at radius 1 is 1.39 bits per heavy atom. The third-order valence-electron chi connectivity index (χ3n) is 3.74. The SMILES string of the molecule is OCCC1CCCC1Nc1ncnc2sccc12. The van der Waals surface area contributed by atoms with Crippen LogP contribution in [-0.2, 0) is 0 Å². The van der Waals surface area contributed by atoms with Crippen molar-refractivity contribution in [3.8, 4) is 0 Å². The summed E-state index contributed by atoms with van der Waals surface area (Å²) in [5.74, 6) is 1.51. The molecule has 96 valence electrons. The zero-order valence-corrected chi connectivity index (χ0v) is 11.0. The molecule has 2 heterocycles. The van der Waals surface area contributed by atoms with E-state index in [4.69, 9.17) is 5.11 Å². The molecule has 5 heteroatoms. The van der Waals surface area contributed by atoms with Gasteiger partial charge in [0.2, 0.25) is 0 Å². The first kappa shape index (κ1) is 11.9. The second-order valence-electron chi connectivity index (χ2n) is 4.82. The van der Waals surface area contributed by atoms with Gasteiger partial charge in [-0.3, -0.25) is 0 Å². The van der Waals surface area contributed by atoms with Gasteiger partial charge >= 0.3 is 0 Å². The van der Waals surface area contributed by atoms with Crippen LogP contribution in [0.4, 0.5) is 5.82 Å². The van der Waals surface area contributed by atoms with Gasteiger partial charge in [0.25, 0.3) is 0 Å². The fourth-order valence-electron chi connectivity index (χ4n) is 2.82. The van der Waals surface area contributed by atoms with Crippen molar-refractivity contribution in [3.63, 3.8) is 0 Å². The number of anilines is 1. The van der Waals surface area contributed by atoms with E-state index in [-0.39, 0.29) is 6.61 Å². The molecule has 0 amide bonds. The van der Waals surface area contributed by atoms with E-state index in [9.17, 15) is 0 Å². The van der Waals surface area contributed by atoms with E-state index in [1.165, 1.54) is 19.3 Å². The van der Waals surface area contributed by atoms with Gasteiger partial charge in [0.05, 0.1) is 5.39 Å². The highest BCUT2D eigenvalue weighted by molar-refractivity contribution is 7.16. The molecule has 1 saturated carbocycles. The average molecular weight is 263 g/mol. The maximum Gasteiger partial charge on any atom is 0.138 e. The predicted octanol–water partition coefficient (Wildman–Crippen LogP) is 2.65. The van der Waals surface area contributed by atoms with E-state index in [0.717, 1.165) is 22.5 Å². The number of hydrogen-bond acceptors (Lipinski definition) is 5. The lowest BCUT2D eigenvalue weighted by atomic mass is 10.00. The quantitative estimate of drug-likeness (QED) is 0.890. The molecule has 1 fully saturated rings. The normalized spacial score (nSPS) is 23.6. The molecule has 3 rings (SSSR count). The molecule has 0 aromatic carbocycles. The van der Waals surface area contributed by atoms with Crippen LogP contribution in [0.3, 0.4) is 0 Å². The van der Waals surface area contributed by atoms with E-state index in [1.807, 2.05) is 5.38 Å². The first-order chi connectivity index (χ1) is 8.88. The first-order valence-electron chi connectivity index (χ1n) is 6.44. The van der Waals surface area contributed by atoms with Crippen LogP contribution in [0.1, 0.15) is 25.7 Å². The first-order valence-corrected chi connectivity index (χ1v) is 7.32. The highest BCUT2D eigenvalue weighted by Crippen LogP contribution is 2.32. The lowest BCUT2D eigenvalue weighted by Crippen LogP contribution is -2.25. The van der Waals surface area contributed by atoms with Crippen molar-refractivity contribution in [1.82, 2.24) is 9.97 Å². The predicted molar refractivity (Wildman–Crippen MR) is 73.9 cm³/mol. The lowest BCUT2D eigenvalue weighted by Gasteiger charge is -2.21. The van der Waals surface area contributed by atoms with Gasteiger partial charge in [-0.1, -0.05) is 6.42 Å². The maximum atomic E-state index is 9.10. The summed E-state index contributed by atoms with van der Waals surface area (Å²) in [5, 5.41) is 15.8. The molecule has 0 spiro atoms. The van der Waals surface area contributed by atoms with Gasteiger partial charge in [0, 0.05) is 12.6 Å². The van der Waals surface area contributed by atoms with E-state index in [1.54, 1.807) is 17.7 Å². The number of nitrogens with zero attached hydrogens (tertiary/aromatic N) is 2. The summed E-state index contributed by atoms with van der Waals surface area (Å²) in [7, 11) is 0. The molecular formula is C13H17N3OS. The molecule has 2 atom stereocenters. The summed E-state index contributed by atoms with van der Waals surface area (Å²) in [6, 6.07) is 2.51. The molecule has 2 unspecified atom stereocenters. The van der Waals surface area contributed by atoms with Crippen molar-refractivity contribution in [1.29, 1.82) is 0 Å². The summed E-state index contributed by atoms with van der Waals surface area (Å²) in [6.45, 7) is 0.278. The lowest BCUT2D eigenvalue weighted by molar-refractivity contribution is 0.254. The maximum absolute atomic E-state index is 9.10. The molecule has 1 aliphatic rings. The molecular weight excluding hydrogens is 246 g/mol. The van der Waals surface area contributed by atoms with Gasteiger partial charge in [-0.05, 0) is 36.6 Å². The number of nitrogens with one attached hydrogen (secondary N) is 1. The fraction of sp³-hybridized carbons (Fsp3) is 0.538. The Balaban J connectivity index is 1.81. The van der Waals surface area contributed by atoms with Crippen LogP contribution in [0.25, 0.3) is 10.2 Å². The summed E-state index contributed by atoms with van der Waals surface area (Å²) < 4.78 is 0. The van der Waals surface area contributed by atoms with Crippen LogP contribution < -0.4 is 5.32 Å². The molecule has 2 aromatic heterocycles. The summed E-state index contributed by atoms with van der Waals surface area (Å²) in [4.78, 5) is 9.65. The summed E-state index contributed by atoms with van der Waals surface area (Å²) in [6.07, 6.45) is 6.11. The second-order valence-corrected chi connectivity index (χ2v) is 5.71. The third kappa shape index (κ3) is 2.20. The Morgan fingerprint density at radius 2 is 2.33 bits per heavy atom. The molecule has 0 saturated heterocycles. The van der Waals surface area contributed by atoms with Crippen molar-refractivity contribution in [2.75, 3.05) is 11.9 Å². The minimum atomic E-state index is 0.278. The van der Waals surface area contributed by atoms with Crippen LogP contribution in [-0.4, -0.2) is 27.7 Å². The highest BCUT2D eigenvalue weighted by atomic mass is 32.1. The number of aromatic nitrogens is 2. The Labute approximate surface area is 110 Å². The highest BCUT2D eigenvalue weighted by Gasteiger charge is 2.27. The Bertz CT molecular complexity index is 528.